The van der Waals surface area contributed by atoms with Gasteiger partial charge in [-0.05, 0) is 52.6 Å². The van der Waals surface area contributed by atoms with E-state index >= 15 is 0 Å². The van der Waals surface area contributed by atoms with Crippen molar-refractivity contribution in [2.45, 2.75) is 45.7 Å². The van der Waals surface area contributed by atoms with Crippen molar-refractivity contribution < 1.29 is 0 Å². The van der Waals surface area contributed by atoms with Gasteiger partial charge in [0.05, 0.1) is 6.54 Å². The lowest BCUT2D eigenvalue weighted by Gasteiger charge is -2.34. The zero-order valence-corrected chi connectivity index (χ0v) is 12.7. The van der Waals surface area contributed by atoms with Crippen molar-refractivity contribution in [2.24, 2.45) is 13.0 Å². The fourth-order valence-corrected chi connectivity index (χ4v) is 2.58. The molecular weight excluding hydrogens is 238 g/mol. The first-order chi connectivity index (χ1) is 8.94. The number of nitrogens with zero attached hydrogens (tertiary/aromatic N) is 4. The maximum absolute atomic E-state index is 4.31. The third-order valence-electron chi connectivity index (χ3n) is 3.69. The summed E-state index contributed by atoms with van der Waals surface area (Å²) in [6.45, 7) is 11.1. The lowest BCUT2D eigenvalue weighted by atomic mass is 9.96. The maximum Gasteiger partial charge on any atom is 0.140 e. The van der Waals surface area contributed by atoms with Crippen LogP contribution in [0.4, 0.5) is 0 Å². The molecule has 0 radical (unpaired) electrons. The minimum atomic E-state index is 0.214. The highest BCUT2D eigenvalue weighted by Gasteiger charge is 2.22. The monoisotopic (exact) mass is 265 g/mol. The molecule has 1 unspecified atom stereocenters. The number of aromatic nitrogens is 3. The maximum atomic E-state index is 4.31. The topological polar surface area (TPSA) is 46.0 Å². The summed E-state index contributed by atoms with van der Waals surface area (Å²) in [7, 11) is 1.96. The van der Waals surface area contributed by atoms with Gasteiger partial charge in [-0.1, -0.05) is 0 Å². The molecule has 5 heteroatoms. The van der Waals surface area contributed by atoms with Crippen molar-refractivity contribution in [3.05, 3.63) is 12.2 Å². The molecule has 1 fully saturated rings. The minimum Gasteiger partial charge on any atom is -0.312 e. The quantitative estimate of drug-likeness (QED) is 0.894. The van der Waals surface area contributed by atoms with Crippen molar-refractivity contribution >= 4 is 0 Å². The Morgan fingerprint density at radius 3 is 2.84 bits per heavy atom. The molecule has 19 heavy (non-hydrogen) atoms. The first kappa shape index (κ1) is 14.5. The Hall–Kier alpha value is -0.940. The molecule has 1 saturated heterocycles. The van der Waals surface area contributed by atoms with E-state index < -0.39 is 0 Å². The van der Waals surface area contributed by atoms with E-state index in [1.54, 1.807) is 6.33 Å². The van der Waals surface area contributed by atoms with Crippen LogP contribution in [0.1, 0.15) is 39.4 Å². The molecule has 0 amide bonds. The molecule has 0 saturated carbocycles. The van der Waals surface area contributed by atoms with Crippen molar-refractivity contribution in [3.8, 4) is 0 Å². The molecule has 108 valence electrons. The predicted octanol–water partition coefficient (Wildman–Crippen LogP) is 1.42. The highest BCUT2D eigenvalue weighted by atomic mass is 15.3. The number of nitrogens with one attached hydrogen (secondary N) is 1. The number of hydrogen-bond acceptors (Lipinski definition) is 4. The highest BCUT2D eigenvalue weighted by molar-refractivity contribution is 4.86. The Kier molecular flexibility index (Phi) is 4.58. The summed E-state index contributed by atoms with van der Waals surface area (Å²) in [4.78, 5) is 6.82. The summed E-state index contributed by atoms with van der Waals surface area (Å²) >= 11 is 0. The zero-order chi connectivity index (χ0) is 13.9. The molecule has 1 aliphatic heterocycles. The van der Waals surface area contributed by atoms with Crippen LogP contribution in [0, 0.1) is 5.92 Å². The number of rotatable bonds is 4. The van der Waals surface area contributed by atoms with Gasteiger partial charge in [-0.2, -0.15) is 5.10 Å². The number of hydrogen-bond donors (Lipinski definition) is 1. The van der Waals surface area contributed by atoms with Crippen molar-refractivity contribution in [1.29, 1.82) is 0 Å². The Morgan fingerprint density at radius 2 is 2.21 bits per heavy atom. The fourth-order valence-electron chi connectivity index (χ4n) is 2.58. The van der Waals surface area contributed by atoms with Crippen LogP contribution in [0.2, 0.25) is 0 Å². The molecule has 0 spiro atoms. The lowest BCUT2D eigenvalue weighted by molar-refractivity contribution is 0.155. The van der Waals surface area contributed by atoms with Crippen molar-refractivity contribution in [1.82, 2.24) is 25.0 Å². The van der Waals surface area contributed by atoms with Crippen LogP contribution in [0.5, 0.6) is 0 Å². The standard InChI is InChI=1S/C14H27N5/c1-14(2,3)16-8-12-6-5-7-19(9-12)10-13-15-11-17-18(13)4/h11-12,16H,5-10H2,1-4H3. The first-order valence-electron chi connectivity index (χ1n) is 7.24. The molecule has 1 aromatic heterocycles. The third-order valence-corrected chi connectivity index (χ3v) is 3.69. The highest BCUT2D eigenvalue weighted by Crippen LogP contribution is 2.18. The lowest BCUT2D eigenvalue weighted by Crippen LogP contribution is -2.44. The first-order valence-corrected chi connectivity index (χ1v) is 7.24. The average molecular weight is 265 g/mol. The van der Waals surface area contributed by atoms with Crippen LogP contribution in [-0.2, 0) is 13.6 Å². The van der Waals surface area contributed by atoms with Crippen LogP contribution in [0.15, 0.2) is 6.33 Å². The normalized spacial score (nSPS) is 21.8. The van der Waals surface area contributed by atoms with E-state index in [0.717, 1.165) is 31.4 Å². The van der Waals surface area contributed by atoms with Crippen LogP contribution in [0.25, 0.3) is 0 Å². The second-order valence-electron chi connectivity index (χ2n) is 6.67. The summed E-state index contributed by atoms with van der Waals surface area (Å²) in [6.07, 6.45) is 4.25. The Labute approximate surface area is 116 Å². The number of aryl methyl sites for hydroxylation is 1. The zero-order valence-electron chi connectivity index (χ0n) is 12.7. The molecule has 1 aliphatic rings. The van der Waals surface area contributed by atoms with Gasteiger partial charge in [0.2, 0.25) is 0 Å². The molecule has 1 N–H and O–H groups in total. The Bertz CT molecular complexity index is 393. The number of likely N-dealkylation sites (tertiary alicyclic amines) is 1. The summed E-state index contributed by atoms with van der Waals surface area (Å²) < 4.78 is 1.87. The molecule has 2 rings (SSSR count). The summed E-state index contributed by atoms with van der Waals surface area (Å²) in [6, 6.07) is 0. The fraction of sp³-hybridized carbons (Fsp3) is 0.857. The van der Waals surface area contributed by atoms with Gasteiger partial charge >= 0.3 is 0 Å². The molecule has 0 aromatic carbocycles. The van der Waals surface area contributed by atoms with E-state index in [0.29, 0.717) is 0 Å². The van der Waals surface area contributed by atoms with Crippen molar-refractivity contribution in [2.75, 3.05) is 19.6 Å². The molecule has 0 aliphatic carbocycles. The summed E-state index contributed by atoms with van der Waals surface area (Å²) in [5, 5.41) is 7.76. The van der Waals surface area contributed by atoms with Crippen LogP contribution < -0.4 is 5.32 Å². The van der Waals surface area contributed by atoms with Gasteiger partial charge < -0.3 is 5.32 Å². The second kappa shape index (κ2) is 6.01. The van der Waals surface area contributed by atoms with Gasteiger partial charge in [0.25, 0.3) is 0 Å². The van der Waals surface area contributed by atoms with Crippen LogP contribution in [-0.4, -0.2) is 44.8 Å². The van der Waals surface area contributed by atoms with Gasteiger partial charge in [-0.25, -0.2) is 4.98 Å². The van der Waals surface area contributed by atoms with E-state index in [1.807, 2.05) is 11.7 Å². The van der Waals surface area contributed by atoms with Crippen molar-refractivity contribution in [3.63, 3.8) is 0 Å². The van der Waals surface area contributed by atoms with E-state index in [-0.39, 0.29) is 5.54 Å². The van der Waals surface area contributed by atoms with Gasteiger partial charge in [-0.3, -0.25) is 9.58 Å². The van der Waals surface area contributed by atoms with E-state index in [9.17, 15) is 0 Å². The summed E-state index contributed by atoms with van der Waals surface area (Å²) in [5.41, 5.74) is 0.214. The van der Waals surface area contributed by atoms with Gasteiger partial charge in [0.1, 0.15) is 12.2 Å². The SMILES string of the molecule is Cn1ncnc1CN1CCCC(CNC(C)(C)C)C1. The molecule has 1 atom stereocenters. The van der Waals surface area contributed by atoms with Gasteiger partial charge in [0, 0.05) is 19.1 Å². The van der Waals surface area contributed by atoms with Gasteiger partial charge in [0.15, 0.2) is 0 Å². The van der Waals surface area contributed by atoms with E-state index in [1.165, 1.54) is 19.4 Å². The van der Waals surface area contributed by atoms with E-state index in [4.69, 9.17) is 0 Å². The van der Waals surface area contributed by atoms with Crippen LogP contribution in [0.3, 0.4) is 0 Å². The smallest absolute Gasteiger partial charge is 0.140 e. The molecule has 1 aromatic rings. The molecular formula is C14H27N5. The molecule has 0 bridgehead atoms. The summed E-state index contributed by atoms with van der Waals surface area (Å²) in [5.74, 6) is 1.81. The molecule has 2 heterocycles. The van der Waals surface area contributed by atoms with E-state index in [2.05, 4.69) is 41.1 Å². The molecule has 5 nitrogen and oxygen atoms in total. The number of piperidine rings is 1. The third kappa shape index (κ3) is 4.58. The Morgan fingerprint density at radius 1 is 1.42 bits per heavy atom. The largest absolute Gasteiger partial charge is 0.312 e. The average Bonchev–Trinajstić information content (AvgIpc) is 2.72. The van der Waals surface area contributed by atoms with Crippen LogP contribution >= 0.6 is 0 Å². The minimum absolute atomic E-state index is 0.214. The Balaban J connectivity index is 1.82. The predicted molar refractivity (Wildman–Crippen MR) is 76.8 cm³/mol. The van der Waals surface area contributed by atoms with Gasteiger partial charge in [-0.15, -0.1) is 0 Å². The second-order valence-corrected chi connectivity index (χ2v) is 6.67.